The molecule has 0 fully saturated rings. The van der Waals surface area contributed by atoms with E-state index in [4.69, 9.17) is 5.26 Å². The molecule has 3 nitrogen and oxygen atoms in total. The summed E-state index contributed by atoms with van der Waals surface area (Å²) in [6, 6.07) is 10.3. The van der Waals surface area contributed by atoms with Crippen molar-refractivity contribution in [3.63, 3.8) is 0 Å². The zero-order valence-electron chi connectivity index (χ0n) is 9.82. The largest absolute Gasteiger partial charge is 0.341 e. The maximum atomic E-state index is 9.00. The van der Waals surface area contributed by atoms with Gasteiger partial charge < -0.3 is 4.98 Å². The van der Waals surface area contributed by atoms with E-state index in [0.717, 1.165) is 22.8 Å². The minimum atomic E-state index is 0.457. The number of nitrogens with one attached hydrogen (secondary N) is 1. The van der Waals surface area contributed by atoms with Crippen LogP contribution in [0.15, 0.2) is 29.2 Å². The average molecular weight is 243 g/mol. The van der Waals surface area contributed by atoms with Crippen molar-refractivity contribution in [1.29, 1.82) is 5.26 Å². The predicted octanol–water partition coefficient (Wildman–Crippen LogP) is 3.37. The number of H-pyrrole nitrogens is 1. The molecule has 0 unspecified atom stereocenters. The molecule has 2 rings (SSSR count). The number of rotatable bonds is 3. The molecule has 0 saturated heterocycles. The quantitative estimate of drug-likeness (QED) is 0.841. The zero-order chi connectivity index (χ0) is 12.3. The molecule has 0 radical (unpaired) electrons. The van der Waals surface area contributed by atoms with E-state index in [0.29, 0.717) is 5.69 Å². The molecule has 1 aromatic carbocycles. The maximum Gasteiger partial charge on any atom is 0.166 e. The normalized spacial score (nSPS) is 10.2. The van der Waals surface area contributed by atoms with E-state index in [2.05, 4.69) is 35.1 Å². The monoisotopic (exact) mass is 243 g/mol. The third kappa shape index (κ3) is 2.51. The molecule has 0 aliphatic heterocycles. The van der Waals surface area contributed by atoms with E-state index < -0.39 is 0 Å². The highest BCUT2D eigenvalue weighted by Crippen LogP contribution is 2.25. The predicted molar refractivity (Wildman–Crippen MR) is 69.9 cm³/mol. The number of hydrogen-bond donors (Lipinski definition) is 1. The number of benzene rings is 1. The zero-order valence-corrected chi connectivity index (χ0v) is 10.6. The molecular formula is C13H13N3S. The lowest BCUT2D eigenvalue weighted by atomic mass is 10.1. The molecule has 86 valence electrons. The number of aromatic nitrogens is 2. The fraction of sp³-hybridized carbons (Fsp3) is 0.231. The molecule has 17 heavy (non-hydrogen) atoms. The van der Waals surface area contributed by atoms with E-state index >= 15 is 0 Å². The minimum absolute atomic E-state index is 0.457. The van der Waals surface area contributed by atoms with Crippen molar-refractivity contribution in [3.8, 4) is 17.3 Å². The van der Waals surface area contributed by atoms with Gasteiger partial charge in [-0.05, 0) is 24.8 Å². The van der Waals surface area contributed by atoms with Gasteiger partial charge >= 0.3 is 0 Å². The van der Waals surface area contributed by atoms with Crippen molar-refractivity contribution < 1.29 is 0 Å². The van der Waals surface area contributed by atoms with Crippen LogP contribution in [0.25, 0.3) is 11.3 Å². The second-order valence-corrected chi connectivity index (χ2v) is 4.95. The molecule has 1 N–H and O–H groups in total. The van der Waals surface area contributed by atoms with Crippen LogP contribution in [0.3, 0.4) is 0 Å². The van der Waals surface area contributed by atoms with Crippen LogP contribution < -0.4 is 0 Å². The molecule has 0 bridgehead atoms. The summed E-state index contributed by atoms with van der Waals surface area (Å²) in [7, 11) is 0. The van der Waals surface area contributed by atoms with Crippen molar-refractivity contribution in [2.45, 2.75) is 18.7 Å². The number of hydrogen-bond acceptors (Lipinski definition) is 3. The highest BCUT2D eigenvalue weighted by atomic mass is 32.2. The van der Waals surface area contributed by atoms with Crippen LogP contribution in [0.1, 0.15) is 18.4 Å². The molecule has 0 spiro atoms. The van der Waals surface area contributed by atoms with E-state index in [-0.39, 0.29) is 0 Å². The fourth-order valence-electron chi connectivity index (χ4n) is 1.67. The van der Waals surface area contributed by atoms with Crippen LogP contribution in [0.4, 0.5) is 0 Å². The Bertz CT molecular complexity index is 549. The summed E-state index contributed by atoms with van der Waals surface area (Å²) < 4.78 is 0. The molecule has 4 heteroatoms. The van der Waals surface area contributed by atoms with Crippen LogP contribution in [-0.4, -0.2) is 15.7 Å². The summed E-state index contributed by atoms with van der Waals surface area (Å²) in [5.41, 5.74) is 2.26. The van der Waals surface area contributed by atoms with E-state index in [1.165, 1.54) is 4.90 Å². The maximum absolute atomic E-state index is 9.00. The van der Waals surface area contributed by atoms with Gasteiger partial charge in [-0.25, -0.2) is 4.98 Å². The summed E-state index contributed by atoms with van der Waals surface area (Å²) in [5.74, 6) is 1.83. The van der Waals surface area contributed by atoms with Gasteiger partial charge in [-0.1, -0.05) is 19.1 Å². The SMILES string of the molecule is CCSc1ccc(-c2[nH]c(C)nc2C#N)cc1. The Balaban J connectivity index is 2.36. The van der Waals surface area contributed by atoms with Crippen LogP contribution >= 0.6 is 11.8 Å². The first-order chi connectivity index (χ1) is 8.24. The summed E-state index contributed by atoms with van der Waals surface area (Å²) >= 11 is 1.80. The lowest BCUT2D eigenvalue weighted by Crippen LogP contribution is -1.82. The van der Waals surface area contributed by atoms with Gasteiger partial charge in [0.15, 0.2) is 5.69 Å². The number of imidazole rings is 1. The molecule has 2 aromatic rings. The molecule has 1 heterocycles. The summed E-state index contributed by atoms with van der Waals surface area (Å²) in [5, 5.41) is 9.00. The van der Waals surface area contributed by atoms with Crippen molar-refractivity contribution in [2.24, 2.45) is 0 Å². The van der Waals surface area contributed by atoms with Crippen molar-refractivity contribution in [2.75, 3.05) is 5.75 Å². The van der Waals surface area contributed by atoms with Crippen LogP contribution in [-0.2, 0) is 0 Å². The molecule has 0 saturated carbocycles. The number of thioether (sulfide) groups is 1. The standard InChI is InChI=1S/C13H13N3S/c1-3-17-11-6-4-10(5-7-11)13-12(8-14)15-9(2)16-13/h4-7H,3H2,1-2H3,(H,15,16). The van der Waals surface area contributed by atoms with E-state index in [9.17, 15) is 0 Å². The Morgan fingerprint density at radius 2 is 2.06 bits per heavy atom. The summed E-state index contributed by atoms with van der Waals surface area (Å²) in [6.45, 7) is 3.98. The first-order valence-corrected chi connectivity index (χ1v) is 6.43. The second kappa shape index (κ2) is 5.07. The Hall–Kier alpha value is -1.73. The lowest BCUT2D eigenvalue weighted by Gasteiger charge is -2.01. The van der Waals surface area contributed by atoms with Crippen LogP contribution in [0.2, 0.25) is 0 Å². The number of aromatic amines is 1. The highest BCUT2D eigenvalue weighted by molar-refractivity contribution is 7.99. The van der Waals surface area contributed by atoms with Gasteiger partial charge in [-0.2, -0.15) is 5.26 Å². The Morgan fingerprint density at radius 3 is 2.65 bits per heavy atom. The summed E-state index contributed by atoms with van der Waals surface area (Å²) in [4.78, 5) is 8.51. The molecular weight excluding hydrogens is 230 g/mol. The molecule has 1 aromatic heterocycles. The third-order valence-electron chi connectivity index (χ3n) is 2.38. The number of nitrogens with zero attached hydrogens (tertiary/aromatic N) is 2. The van der Waals surface area contributed by atoms with Crippen molar-refractivity contribution in [1.82, 2.24) is 9.97 Å². The first kappa shape index (κ1) is 11.7. The Kier molecular flexibility index (Phi) is 3.50. The first-order valence-electron chi connectivity index (χ1n) is 5.44. The van der Waals surface area contributed by atoms with Gasteiger partial charge in [0.2, 0.25) is 0 Å². The van der Waals surface area contributed by atoms with Crippen LogP contribution in [0.5, 0.6) is 0 Å². The minimum Gasteiger partial charge on any atom is -0.341 e. The topological polar surface area (TPSA) is 52.5 Å². The van der Waals surface area contributed by atoms with Gasteiger partial charge in [-0.3, -0.25) is 0 Å². The van der Waals surface area contributed by atoms with Crippen molar-refractivity contribution >= 4 is 11.8 Å². The second-order valence-electron chi connectivity index (χ2n) is 3.62. The summed E-state index contributed by atoms with van der Waals surface area (Å²) in [6.07, 6.45) is 0. The van der Waals surface area contributed by atoms with Gasteiger partial charge in [0, 0.05) is 10.5 Å². The Morgan fingerprint density at radius 1 is 1.35 bits per heavy atom. The number of nitriles is 1. The van der Waals surface area contributed by atoms with E-state index in [1.54, 1.807) is 11.8 Å². The lowest BCUT2D eigenvalue weighted by molar-refractivity contribution is 1.14. The highest BCUT2D eigenvalue weighted by Gasteiger charge is 2.09. The van der Waals surface area contributed by atoms with Gasteiger partial charge in [0.1, 0.15) is 11.9 Å². The molecule has 0 aliphatic carbocycles. The van der Waals surface area contributed by atoms with Gasteiger partial charge in [-0.15, -0.1) is 11.8 Å². The Labute approximate surface area is 105 Å². The smallest absolute Gasteiger partial charge is 0.166 e. The molecule has 0 amide bonds. The third-order valence-corrected chi connectivity index (χ3v) is 3.28. The van der Waals surface area contributed by atoms with Crippen LogP contribution in [0, 0.1) is 18.3 Å². The molecule has 0 aliphatic rings. The van der Waals surface area contributed by atoms with Crippen molar-refractivity contribution in [3.05, 3.63) is 35.8 Å². The number of aryl methyl sites for hydroxylation is 1. The van der Waals surface area contributed by atoms with Gasteiger partial charge in [0.25, 0.3) is 0 Å². The fourth-order valence-corrected chi connectivity index (χ4v) is 2.33. The van der Waals surface area contributed by atoms with E-state index in [1.807, 2.05) is 19.1 Å². The van der Waals surface area contributed by atoms with Gasteiger partial charge in [0.05, 0.1) is 5.69 Å². The average Bonchev–Trinajstić information content (AvgIpc) is 2.72. The molecule has 0 atom stereocenters.